The van der Waals surface area contributed by atoms with Gasteiger partial charge in [-0.1, -0.05) is 42.5 Å². The van der Waals surface area contributed by atoms with Crippen LogP contribution >= 0.6 is 0 Å². The number of hydrogen-bond donors (Lipinski definition) is 0. The predicted molar refractivity (Wildman–Crippen MR) is 85.3 cm³/mol. The number of carbonyl (C=O) groups excluding carboxylic acids is 1. The van der Waals surface area contributed by atoms with Crippen molar-refractivity contribution < 1.29 is 9.53 Å². The molecule has 0 aliphatic carbocycles. The van der Waals surface area contributed by atoms with Gasteiger partial charge in [-0.25, -0.2) is 0 Å². The zero-order chi connectivity index (χ0) is 15.1. The molecule has 3 heteroatoms. The van der Waals surface area contributed by atoms with Crippen LogP contribution < -0.4 is 4.90 Å². The quantitative estimate of drug-likeness (QED) is 0.759. The number of benzene rings is 2. The standard InChI is InChI=1S/C18H21NO2/c1-3-19(17-11-7-8-15(2)12-17)13-18(20)21-14-16-9-5-4-6-10-16/h4-12H,3,13-14H2,1-2H3. The first-order valence-electron chi connectivity index (χ1n) is 7.20. The van der Waals surface area contributed by atoms with E-state index >= 15 is 0 Å². The van der Waals surface area contributed by atoms with Gasteiger partial charge in [-0.15, -0.1) is 0 Å². The van der Waals surface area contributed by atoms with Crippen molar-refractivity contribution in [3.05, 3.63) is 65.7 Å². The number of ether oxygens (including phenoxy) is 1. The van der Waals surface area contributed by atoms with Gasteiger partial charge in [0.25, 0.3) is 0 Å². The lowest BCUT2D eigenvalue weighted by Crippen LogP contribution is -2.30. The summed E-state index contributed by atoms with van der Waals surface area (Å²) in [7, 11) is 0. The number of rotatable bonds is 6. The molecule has 0 N–H and O–H groups in total. The van der Waals surface area contributed by atoms with Crippen molar-refractivity contribution in [2.24, 2.45) is 0 Å². The van der Waals surface area contributed by atoms with E-state index in [1.165, 1.54) is 5.56 Å². The molecule has 0 aromatic heterocycles. The summed E-state index contributed by atoms with van der Waals surface area (Å²) in [4.78, 5) is 14.0. The second kappa shape index (κ2) is 7.48. The lowest BCUT2D eigenvalue weighted by Gasteiger charge is -2.22. The third-order valence-corrected chi connectivity index (χ3v) is 3.31. The van der Waals surface area contributed by atoms with Crippen LogP contribution in [-0.4, -0.2) is 19.1 Å². The van der Waals surface area contributed by atoms with Gasteiger partial charge in [0, 0.05) is 12.2 Å². The number of nitrogens with zero attached hydrogens (tertiary/aromatic N) is 1. The first-order chi connectivity index (χ1) is 10.2. The molecule has 2 rings (SSSR count). The Morgan fingerprint density at radius 3 is 2.52 bits per heavy atom. The van der Waals surface area contributed by atoms with Crippen molar-refractivity contribution in [1.29, 1.82) is 0 Å². The molecule has 0 saturated heterocycles. The molecule has 0 spiro atoms. The Kier molecular flexibility index (Phi) is 5.38. The topological polar surface area (TPSA) is 29.5 Å². The molecule has 0 fully saturated rings. The molecule has 2 aromatic carbocycles. The van der Waals surface area contributed by atoms with E-state index in [9.17, 15) is 4.79 Å². The minimum atomic E-state index is -0.206. The molecule has 110 valence electrons. The highest BCUT2D eigenvalue weighted by Crippen LogP contribution is 2.15. The van der Waals surface area contributed by atoms with Crippen LogP contribution in [0.5, 0.6) is 0 Å². The number of carbonyl (C=O) groups is 1. The maximum atomic E-state index is 12.0. The van der Waals surface area contributed by atoms with Crippen molar-refractivity contribution in [2.45, 2.75) is 20.5 Å². The highest BCUT2D eigenvalue weighted by atomic mass is 16.5. The average molecular weight is 283 g/mol. The van der Waals surface area contributed by atoms with Crippen molar-refractivity contribution in [1.82, 2.24) is 0 Å². The number of hydrogen-bond acceptors (Lipinski definition) is 3. The van der Waals surface area contributed by atoms with Crippen LogP contribution in [0.2, 0.25) is 0 Å². The van der Waals surface area contributed by atoms with Gasteiger partial charge in [-0.05, 0) is 37.1 Å². The van der Waals surface area contributed by atoms with Crippen molar-refractivity contribution in [3.8, 4) is 0 Å². The van der Waals surface area contributed by atoms with Gasteiger partial charge in [0.1, 0.15) is 13.2 Å². The van der Waals surface area contributed by atoms with Crippen LogP contribution in [0.4, 0.5) is 5.69 Å². The lowest BCUT2D eigenvalue weighted by molar-refractivity contribution is -0.143. The van der Waals surface area contributed by atoms with E-state index in [0.717, 1.165) is 17.8 Å². The van der Waals surface area contributed by atoms with Crippen molar-refractivity contribution in [3.63, 3.8) is 0 Å². The van der Waals surface area contributed by atoms with Crippen LogP contribution in [0.3, 0.4) is 0 Å². The molecule has 21 heavy (non-hydrogen) atoms. The molecule has 0 amide bonds. The van der Waals surface area contributed by atoms with Gasteiger partial charge in [0.2, 0.25) is 0 Å². The molecule has 0 saturated carbocycles. The summed E-state index contributed by atoms with van der Waals surface area (Å²) in [6.45, 7) is 5.44. The first kappa shape index (κ1) is 15.1. The van der Waals surface area contributed by atoms with Crippen LogP contribution in [0, 0.1) is 6.92 Å². The minimum Gasteiger partial charge on any atom is -0.459 e. The fourth-order valence-electron chi connectivity index (χ4n) is 2.15. The molecular formula is C18H21NO2. The molecule has 0 atom stereocenters. The summed E-state index contributed by atoms with van der Waals surface area (Å²) < 4.78 is 5.33. The Morgan fingerprint density at radius 1 is 1.10 bits per heavy atom. The summed E-state index contributed by atoms with van der Waals surface area (Å²) in [5.74, 6) is -0.206. The van der Waals surface area contributed by atoms with Crippen LogP contribution in [0.1, 0.15) is 18.1 Å². The maximum absolute atomic E-state index is 12.0. The molecule has 0 radical (unpaired) electrons. The average Bonchev–Trinajstić information content (AvgIpc) is 2.51. The third-order valence-electron chi connectivity index (χ3n) is 3.31. The van der Waals surface area contributed by atoms with E-state index in [1.807, 2.05) is 67.3 Å². The molecule has 0 aliphatic rings. The second-order valence-electron chi connectivity index (χ2n) is 5.00. The number of anilines is 1. The van der Waals surface area contributed by atoms with Crippen LogP contribution in [0.25, 0.3) is 0 Å². The number of likely N-dealkylation sites (N-methyl/N-ethyl adjacent to an activating group) is 1. The Labute approximate surface area is 126 Å². The Morgan fingerprint density at radius 2 is 1.86 bits per heavy atom. The summed E-state index contributed by atoms with van der Waals surface area (Å²) in [5.41, 5.74) is 3.24. The molecular weight excluding hydrogens is 262 g/mol. The Hall–Kier alpha value is -2.29. The zero-order valence-corrected chi connectivity index (χ0v) is 12.6. The van der Waals surface area contributed by atoms with E-state index < -0.39 is 0 Å². The van der Waals surface area contributed by atoms with E-state index in [4.69, 9.17) is 4.74 Å². The molecule has 0 bridgehead atoms. The summed E-state index contributed by atoms with van der Waals surface area (Å²) >= 11 is 0. The molecule has 0 heterocycles. The predicted octanol–water partition coefficient (Wildman–Crippen LogP) is 3.56. The van der Waals surface area contributed by atoms with E-state index in [-0.39, 0.29) is 12.5 Å². The smallest absolute Gasteiger partial charge is 0.325 e. The van der Waals surface area contributed by atoms with Gasteiger partial charge >= 0.3 is 5.97 Å². The van der Waals surface area contributed by atoms with Crippen LogP contribution in [0.15, 0.2) is 54.6 Å². The van der Waals surface area contributed by atoms with Gasteiger partial charge in [0.15, 0.2) is 0 Å². The van der Waals surface area contributed by atoms with E-state index in [2.05, 4.69) is 6.07 Å². The highest BCUT2D eigenvalue weighted by Gasteiger charge is 2.11. The third kappa shape index (κ3) is 4.63. The summed E-state index contributed by atoms with van der Waals surface area (Å²) in [6.07, 6.45) is 0. The van der Waals surface area contributed by atoms with Gasteiger partial charge in [-0.3, -0.25) is 4.79 Å². The summed E-state index contributed by atoms with van der Waals surface area (Å²) in [5, 5.41) is 0. The van der Waals surface area contributed by atoms with Gasteiger partial charge in [0.05, 0.1) is 0 Å². The Bertz CT molecular complexity index is 581. The lowest BCUT2D eigenvalue weighted by atomic mass is 10.2. The number of esters is 1. The molecule has 2 aromatic rings. The monoisotopic (exact) mass is 283 g/mol. The second-order valence-corrected chi connectivity index (χ2v) is 5.00. The highest BCUT2D eigenvalue weighted by molar-refractivity contribution is 5.75. The van der Waals surface area contributed by atoms with Crippen molar-refractivity contribution >= 4 is 11.7 Å². The molecule has 3 nitrogen and oxygen atoms in total. The normalized spacial score (nSPS) is 10.2. The number of aryl methyl sites for hydroxylation is 1. The maximum Gasteiger partial charge on any atom is 0.325 e. The van der Waals surface area contributed by atoms with Gasteiger partial charge in [-0.2, -0.15) is 0 Å². The van der Waals surface area contributed by atoms with Crippen molar-refractivity contribution in [2.75, 3.05) is 18.0 Å². The van der Waals surface area contributed by atoms with E-state index in [1.54, 1.807) is 0 Å². The molecule has 0 unspecified atom stereocenters. The largest absolute Gasteiger partial charge is 0.459 e. The minimum absolute atomic E-state index is 0.206. The fraction of sp³-hybridized carbons (Fsp3) is 0.278. The molecule has 0 aliphatic heterocycles. The van der Waals surface area contributed by atoms with Crippen LogP contribution in [-0.2, 0) is 16.1 Å². The van der Waals surface area contributed by atoms with E-state index in [0.29, 0.717) is 6.61 Å². The Balaban J connectivity index is 1.91. The first-order valence-corrected chi connectivity index (χ1v) is 7.20. The SMILES string of the molecule is CCN(CC(=O)OCc1ccccc1)c1cccc(C)c1. The van der Waals surface area contributed by atoms with Gasteiger partial charge < -0.3 is 9.64 Å². The zero-order valence-electron chi connectivity index (χ0n) is 12.6. The fourth-order valence-corrected chi connectivity index (χ4v) is 2.15. The summed E-state index contributed by atoms with van der Waals surface area (Å²) in [6, 6.07) is 17.9.